The number of carbonyl (C=O) groups is 1. The summed E-state index contributed by atoms with van der Waals surface area (Å²) in [6.45, 7) is 4.00. The molecule has 0 unspecified atom stereocenters. The molecule has 0 saturated carbocycles. The molecule has 1 saturated heterocycles. The van der Waals surface area contributed by atoms with E-state index in [9.17, 15) is 4.79 Å². The van der Waals surface area contributed by atoms with Gasteiger partial charge < -0.3 is 9.47 Å². The van der Waals surface area contributed by atoms with Crippen LogP contribution in [0.3, 0.4) is 0 Å². The van der Waals surface area contributed by atoms with Gasteiger partial charge in [0, 0.05) is 20.1 Å². The number of likely N-dealkylation sites (tertiary alicyclic amines) is 1. The van der Waals surface area contributed by atoms with Crippen molar-refractivity contribution in [2.75, 3.05) is 13.1 Å². The molecular formula is C11H17N3O. The summed E-state index contributed by atoms with van der Waals surface area (Å²) in [4.78, 5) is 17.9. The summed E-state index contributed by atoms with van der Waals surface area (Å²) in [6.07, 6.45) is 5.54. The zero-order chi connectivity index (χ0) is 10.8. The first-order chi connectivity index (χ1) is 7.18. The van der Waals surface area contributed by atoms with Crippen LogP contribution in [0.1, 0.15) is 30.3 Å². The molecule has 0 spiro atoms. The van der Waals surface area contributed by atoms with E-state index in [1.165, 1.54) is 0 Å². The van der Waals surface area contributed by atoms with Crippen LogP contribution >= 0.6 is 0 Å². The molecule has 1 aliphatic rings. The first-order valence-corrected chi connectivity index (χ1v) is 5.44. The van der Waals surface area contributed by atoms with Crippen molar-refractivity contribution in [2.24, 2.45) is 13.0 Å². The van der Waals surface area contributed by atoms with Gasteiger partial charge in [0.2, 0.25) is 0 Å². The Kier molecular flexibility index (Phi) is 2.75. The highest BCUT2D eigenvalue weighted by atomic mass is 16.2. The zero-order valence-corrected chi connectivity index (χ0v) is 9.31. The molecule has 1 fully saturated rings. The number of hydrogen-bond donors (Lipinski definition) is 0. The third kappa shape index (κ3) is 2.03. The summed E-state index contributed by atoms with van der Waals surface area (Å²) in [6, 6.07) is 0. The lowest BCUT2D eigenvalue weighted by atomic mass is 9.99. The molecular weight excluding hydrogens is 190 g/mol. The third-order valence-corrected chi connectivity index (χ3v) is 3.11. The normalized spacial score (nSPS) is 18.1. The lowest BCUT2D eigenvalue weighted by Gasteiger charge is -2.30. The van der Waals surface area contributed by atoms with E-state index in [4.69, 9.17) is 0 Å². The van der Waals surface area contributed by atoms with Crippen LogP contribution in [-0.4, -0.2) is 33.4 Å². The Morgan fingerprint density at radius 1 is 1.47 bits per heavy atom. The van der Waals surface area contributed by atoms with E-state index in [1.54, 1.807) is 17.1 Å². The van der Waals surface area contributed by atoms with Crippen molar-refractivity contribution in [1.29, 1.82) is 0 Å². The Balaban J connectivity index is 2.06. The topological polar surface area (TPSA) is 38.1 Å². The number of rotatable bonds is 1. The van der Waals surface area contributed by atoms with Gasteiger partial charge in [-0.15, -0.1) is 0 Å². The lowest BCUT2D eigenvalue weighted by molar-refractivity contribution is 0.0687. The largest absolute Gasteiger partial charge is 0.337 e. The number of aryl methyl sites for hydroxylation is 1. The Morgan fingerprint density at radius 2 is 2.13 bits per heavy atom. The van der Waals surface area contributed by atoms with Crippen LogP contribution in [0.15, 0.2) is 12.5 Å². The van der Waals surface area contributed by atoms with Gasteiger partial charge in [0.25, 0.3) is 5.91 Å². The molecule has 4 heteroatoms. The van der Waals surface area contributed by atoms with Crippen molar-refractivity contribution in [1.82, 2.24) is 14.5 Å². The fourth-order valence-corrected chi connectivity index (χ4v) is 1.94. The summed E-state index contributed by atoms with van der Waals surface area (Å²) in [5, 5.41) is 0. The summed E-state index contributed by atoms with van der Waals surface area (Å²) in [5.41, 5.74) is 0.685. The quantitative estimate of drug-likeness (QED) is 0.696. The smallest absolute Gasteiger partial charge is 0.272 e. The molecule has 1 aromatic heterocycles. The molecule has 0 bridgehead atoms. The van der Waals surface area contributed by atoms with Gasteiger partial charge in [-0.3, -0.25) is 4.79 Å². The maximum absolute atomic E-state index is 12.1. The van der Waals surface area contributed by atoms with Gasteiger partial charge in [-0.25, -0.2) is 4.98 Å². The Labute approximate surface area is 89.9 Å². The van der Waals surface area contributed by atoms with Crippen LogP contribution in [0.2, 0.25) is 0 Å². The predicted octanol–water partition coefficient (Wildman–Crippen LogP) is 1.29. The summed E-state index contributed by atoms with van der Waals surface area (Å²) >= 11 is 0. The standard InChI is InChI=1S/C11H17N3O/c1-9-3-5-14(6-4-9)11(15)10-7-12-8-13(10)2/h7-9H,3-6H2,1-2H3. The average Bonchev–Trinajstić information content (AvgIpc) is 2.65. The second-order valence-corrected chi connectivity index (χ2v) is 4.36. The van der Waals surface area contributed by atoms with Gasteiger partial charge >= 0.3 is 0 Å². The van der Waals surface area contributed by atoms with Crippen molar-refractivity contribution in [3.05, 3.63) is 18.2 Å². The van der Waals surface area contributed by atoms with Gasteiger partial charge in [0.15, 0.2) is 0 Å². The fourth-order valence-electron chi connectivity index (χ4n) is 1.94. The SMILES string of the molecule is CC1CCN(C(=O)c2cncn2C)CC1. The van der Waals surface area contributed by atoms with E-state index in [2.05, 4.69) is 11.9 Å². The van der Waals surface area contributed by atoms with Crippen molar-refractivity contribution < 1.29 is 4.79 Å². The van der Waals surface area contributed by atoms with Crippen LogP contribution in [0.4, 0.5) is 0 Å². The van der Waals surface area contributed by atoms with Crippen LogP contribution in [0.25, 0.3) is 0 Å². The Bertz CT molecular complexity index is 350. The summed E-state index contributed by atoms with van der Waals surface area (Å²) < 4.78 is 1.78. The van der Waals surface area contributed by atoms with Crippen molar-refractivity contribution in [3.8, 4) is 0 Å². The van der Waals surface area contributed by atoms with Gasteiger partial charge in [0.05, 0.1) is 12.5 Å². The van der Waals surface area contributed by atoms with Crippen molar-refractivity contribution in [3.63, 3.8) is 0 Å². The van der Waals surface area contributed by atoms with Gasteiger partial charge in [0.1, 0.15) is 5.69 Å². The monoisotopic (exact) mass is 207 g/mol. The van der Waals surface area contributed by atoms with Crippen molar-refractivity contribution >= 4 is 5.91 Å². The number of piperidine rings is 1. The number of aromatic nitrogens is 2. The minimum absolute atomic E-state index is 0.113. The Hall–Kier alpha value is -1.32. The minimum Gasteiger partial charge on any atom is -0.337 e. The number of carbonyl (C=O) groups excluding carboxylic acids is 1. The number of nitrogens with zero attached hydrogens (tertiary/aromatic N) is 3. The van der Waals surface area contributed by atoms with E-state index in [0.717, 1.165) is 31.8 Å². The number of hydrogen-bond acceptors (Lipinski definition) is 2. The maximum atomic E-state index is 12.1. The molecule has 1 amide bonds. The molecule has 15 heavy (non-hydrogen) atoms. The molecule has 0 radical (unpaired) electrons. The molecule has 1 aliphatic heterocycles. The molecule has 0 N–H and O–H groups in total. The predicted molar refractivity (Wildman–Crippen MR) is 57.5 cm³/mol. The van der Waals surface area contributed by atoms with E-state index in [1.807, 2.05) is 11.9 Å². The zero-order valence-electron chi connectivity index (χ0n) is 9.31. The van der Waals surface area contributed by atoms with Gasteiger partial charge in [-0.1, -0.05) is 6.92 Å². The maximum Gasteiger partial charge on any atom is 0.272 e. The highest BCUT2D eigenvalue weighted by Gasteiger charge is 2.22. The first kappa shape index (κ1) is 10.2. The summed E-state index contributed by atoms with van der Waals surface area (Å²) in [5.74, 6) is 0.863. The van der Waals surface area contributed by atoms with Gasteiger partial charge in [-0.2, -0.15) is 0 Å². The fraction of sp³-hybridized carbons (Fsp3) is 0.636. The molecule has 0 aromatic carbocycles. The van der Waals surface area contributed by atoms with E-state index >= 15 is 0 Å². The van der Waals surface area contributed by atoms with Crippen molar-refractivity contribution in [2.45, 2.75) is 19.8 Å². The second-order valence-electron chi connectivity index (χ2n) is 4.36. The molecule has 82 valence electrons. The molecule has 2 rings (SSSR count). The minimum atomic E-state index is 0.113. The van der Waals surface area contributed by atoms with Gasteiger partial charge in [-0.05, 0) is 18.8 Å². The lowest BCUT2D eigenvalue weighted by Crippen LogP contribution is -2.38. The third-order valence-electron chi connectivity index (χ3n) is 3.11. The van der Waals surface area contributed by atoms with Crippen LogP contribution in [0.5, 0.6) is 0 Å². The Morgan fingerprint density at radius 3 is 2.67 bits per heavy atom. The molecule has 0 aliphatic carbocycles. The van der Waals surface area contributed by atoms with Crippen LogP contribution < -0.4 is 0 Å². The highest BCUT2D eigenvalue weighted by molar-refractivity contribution is 5.92. The van der Waals surface area contributed by atoms with Crippen LogP contribution in [-0.2, 0) is 7.05 Å². The van der Waals surface area contributed by atoms with E-state index < -0.39 is 0 Å². The average molecular weight is 207 g/mol. The number of amides is 1. The van der Waals surface area contributed by atoms with Crippen LogP contribution in [0, 0.1) is 5.92 Å². The molecule has 4 nitrogen and oxygen atoms in total. The molecule has 2 heterocycles. The highest BCUT2D eigenvalue weighted by Crippen LogP contribution is 2.17. The van der Waals surface area contributed by atoms with E-state index in [-0.39, 0.29) is 5.91 Å². The molecule has 0 atom stereocenters. The van der Waals surface area contributed by atoms with E-state index in [0.29, 0.717) is 5.69 Å². The molecule has 1 aromatic rings. The first-order valence-electron chi connectivity index (χ1n) is 5.44. The number of imidazole rings is 1. The summed E-state index contributed by atoms with van der Waals surface area (Å²) in [7, 11) is 1.85. The second kappa shape index (κ2) is 4.04.